The second-order valence-electron chi connectivity index (χ2n) is 3.70. The largest absolute Gasteiger partial charge is 0.326 e. The Bertz CT molecular complexity index is 365. The standard InChI is InChI=1S/C9H14N4OS/c1-2-3-7-11-12-9(15-7)13-5-6(10)4-8(13)14/h6H,2-5,10H2,1H3. The van der Waals surface area contributed by atoms with E-state index >= 15 is 0 Å². The number of aromatic nitrogens is 2. The lowest BCUT2D eigenvalue weighted by atomic mass is 10.3. The summed E-state index contributed by atoms with van der Waals surface area (Å²) >= 11 is 1.49. The fourth-order valence-corrected chi connectivity index (χ4v) is 2.56. The molecule has 1 amide bonds. The fourth-order valence-electron chi connectivity index (χ4n) is 1.59. The lowest BCUT2D eigenvalue weighted by molar-refractivity contribution is -0.117. The Morgan fingerprint density at radius 2 is 2.40 bits per heavy atom. The molecule has 2 N–H and O–H groups in total. The molecule has 0 bridgehead atoms. The topological polar surface area (TPSA) is 72.1 Å². The van der Waals surface area contributed by atoms with Crippen molar-refractivity contribution in [3.05, 3.63) is 5.01 Å². The molecular formula is C9H14N4OS. The SMILES string of the molecule is CCCc1nnc(N2CC(N)CC2=O)s1. The molecule has 6 heteroatoms. The van der Waals surface area contributed by atoms with Gasteiger partial charge in [0.15, 0.2) is 0 Å². The van der Waals surface area contributed by atoms with Gasteiger partial charge in [-0.1, -0.05) is 18.3 Å². The van der Waals surface area contributed by atoms with Crippen LogP contribution in [0.4, 0.5) is 5.13 Å². The van der Waals surface area contributed by atoms with Gasteiger partial charge in [0, 0.05) is 25.4 Å². The number of carbonyl (C=O) groups excluding carboxylic acids is 1. The molecule has 1 fully saturated rings. The molecule has 1 saturated heterocycles. The van der Waals surface area contributed by atoms with Gasteiger partial charge < -0.3 is 5.73 Å². The van der Waals surface area contributed by atoms with Crippen LogP contribution in [-0.2, 0) is 11.2 Å². The zero-order valence-electron chi connectivity index (χ0n) is 8.64. The maximum absolute atomic E-state index is 11.5. The van der Waals surface area contributed by atoms with Crippen molar-refractivity contribution in [1.29, 1.82) is 0 Å². The van der Waals surface area contributed by atoms with Gasteiger partial charge >= 0.3 is 0 Å². The van der Waals surface area contributed by atoms with Gasteiger partial charge in [0.2, 0.25) is 11.0 Å². The lowest BCUT2D eigenvalue weighted by Crippen LogP contribution is -2.27. The molecule has 0 saturated carbocycles. The van der Waals surface area contributed by atoms with E-state index in [-0.39, 0.29) is 11.9 Å². The molecule has 5 nitrogen and oxygen atoms in total. The number of aryl methyl sites for hydroxylation is 1. The molecule has 1 aliphatic heterocycles. The molecule has 0 aliphatic carbocycles. The third kappa shape index (κ3) is 2.15. The molecule has 1 aromatic heterocycles. The highest BCUT2D eigenvalue weighted by atomic mass is 32.1. The summed E-state index contributed by atoms with van der Waals surface area (Å²) in [6.45, 7) is 2.66. The smallest absolute Gasteiger partial charge is 0.230 e. The van der Waals surface area contributed by atoms with Crippen LogP contribution in [0.25, 0.3) is 0 Å². The Labute approximate surface area is 92.3 Å². The summed E-state index contributed by atoms with van der Waals surface area (Å²) in [7, 11) is 0. The van der Waals surface area contributed by atoms with Gasteiger partial charge in [0.05, 0.1) is 0 Å². The van der Waals surface area contributed by atoms with E-state index in [0.29, 0.717) is 18.1 Å². The molecular weight excluding hydrogens is 212 g/mol. The Morgan fingerprint density at radius 3 is 3.00 bits per heavy atom. The summed E-state index contributed by atoms with van der Waals surface area (Å²) in [4.78, 5) is 13.2. The third-order valence-electron chi connectivity index (χ3n) is 2.31. The van der Waals surface area contributed by atoms with Crippen molar-refractivity contribution in [1.82, 2.24) is 10.2 Å². The van der Waals surface area contributed by atoms with Crippen LogP contribution < -0.4 is 10.6 Å². The predicted octanol–water partition coefficient (Wildman–Crippen LogP) is 0.555. The number of amides is 1. The van der Waals surface area contributed by atoms with Crippen molar-refractivity contribution < 1.29 is 4.79 Å². The Kier molecular flexibility index (Phi) is 2.97. The predicted molar refractivity (Wildman–Crippen MR) is 58.8 cm³/mol. The highest BCUT2D eigenvalue weighted by Gasteiger charge is 2.30. The Balaban J connectivity index is 2.12. The van der Waals surface area contributed by atoms with Gasteiger partial charge in [-0.15, -0.1) is 10.2 Å². The van der Waals surface area contributed by atoms with Crippen molar-refractivity contribution in [2.45, 2.75) is 32.2 Å². The van der Waals surface area contributed by atoms with E-state index in [4.69, 9.17) is 5.73 Å². The maximum Gasteiger partial charge on any atom is 0.230 e. The molecule has 2 heterocycles. The highest BCUT2D eigenvalue weighted by molar-refractivity contribution is 7.15. The van der Waals surface area contributed by atoms with Crippen LogP contribution in [0.3, 0.4) is 0 Å². The molecule has 1 aliphatic rings. The number of nitrogens with two attached hydrogens (primary N) is 1. The molecule has 82 valence electrons. The van der Waals surface area contributed by atoms with Gasteiger partial charge in [-0.25, -0.2) is 0 Å². The summed E-state index contributed by atoms with van der Waals surface area (Å²) in [6, 6.07) is -0.0592. The average molecular weight is 226 g/mol. The van der Waals surface area contributed by atoms with E-state index in [2.05, 4.69) is 17.1 Å². The Morgan fingerprint density at radius 1 is 1.60 bits per heavy atom. The highest BCUT2D eigenvalue weighted by Crippen LogP contribution is 2.25. The van der Waals surface area contributed by atoms with Crippen LogP contribution in [0.15, 0.2) is 0 Å². The summed E-state index contributed by atoms with van der Waals surface area (Å²) < 4.78 is 0. The molecule has 0 spiro atoms. The minimum absolute atomic E-state index is 0.0571. The van der Waals surface area contributed by atoms with Crippen LogP contribution in [0.2, 0.25) is 0 Å². The first-order chi connectivity index (χ1) is 7.20. The second kappa shape index (κ2) is 4.24. The normalized spacial score (nSPS) is 21.3. The first-order valence-corrected chi connectivity index (χ1v) is 5.90. The minimum Gasteiger partial charge on any atom is -0.326 e. The summed E-state index contributed by atoms with van der Waals surface area (Å²) in [6.07, 6.45) is 2.39. The maximum atomic E-state index is 11.5. The number of hydrogen-bond donors (Lipinski definition) is 1. The van der Waals surface area contributed by atoms with Crippen molar-refractivity contribution >= 4 is 22.4 Å². The van der Waals surface area contributed by atoms with E-state index in [9.17, 15) is 4.79 Å². The first kappa shape index (κ1) is 10.5. The van der Waals surface area contributed by atoms with E-state index in [1.54, 1.807) is 4.90 Å². The number of carbonyl (C=O) groups is 1. The van der Waals surface area contributed by atoms with Gasteiger partial charge in [-0.2, -0.15) is 0 Å². The van der Waals surface area contributed by atoms with E-state index < -0.39 is 0 Å². The molecule has 1 atom stereocenters. The fraction of sp³-hybridized carbons (Fsp3) is 0.667. The Hall–Kier alpha value is -1.01. The van der Waals surface area contributed by atoms with Crippen molar-refractivity contribution in [3.63, 3.8) is 0 Å². The number of hydrogen-bond acceptors (Lipinski definition) is 5. The van der Waals surface area contributed by atoms with Gasteiger partial charge in [-0.3, -0.25) is 9.69 Å². The summed E-state index contributed by atoms with van der Waals surface area (Å²) in [5.41, 5.74) is 5.71. The van der Waals surface area contributed by atoms with Crippen molar-refractivity contribution in [2.75, 3.05) is 11.4 Å². The van der Waals surface area contributed by atoms with Crippen LogP contribution in [0.1, 0.15) is 24.8 Å². The van der Waals surface area contributed by atoms with Crippen LogP contribution in [-0.4, -0.2) is 28.7 Å². The van der Waals surface area contributed by atoms with Gasteiger partial charge in [0.1, 0.15) is 5.01 Å². The van der Waals surface area contributed by atoms with Crippen molar-refractivity contribution in [3.8, 4) is 0 Å². The van der Waals surface area contributed by atoms with E-state index in [0.717, 1.165) is 17.8 Å². The molecule has 0 aromatic carbocycles. The van der Waals surface area contributed by atoms with E-state index in [1.165, 1.54) is 11.3 Å². The monoisotopic (exact) mass is 226 g/mol. The number of nitrogens with zero attached hydrogens (tertiary/aromatic N) is 3. The minimum atomic E-state index is -0.0592. The molecule has 0 radical (unpaired) electrons. The van der Waals surface area contributed by atoms with Crippen LogP contribution >= 0.6 is 11.3 Å². The second-order valence-corrected chi connectivity index (χ2v) is 4.74. The molecule has 15 heavy (non-hydrogen) atoms. The first-order valence-electron chi connectivity index (χ1n) is 5.09. The summed E-state index contributed by atoms with van der Waals surface area (Å²) in [5, 5.41) is 9.74. The van der Waals surface area contributed by atoms with E-state index in [1.807, 2.05) is 0 Å². The number of anilines is 1. The molecule has 2 rings (SSSR count). The number of rotatable bonds is 3. The molecule has 1 unspecified atom stereocenters. The van der Waals surface area contributed by atoms with Crippen LogP contribution in [0, 0.1) is 0 Å². The lowest BCUT2D eigenvalue weighted by Gasteiger charge is -2.09. The quantitative estimate of drug-likeness (QED) is 0.817. The summed E-state index contributed by atoms with van der Waals surface area (Å²) in [5.74, 6) is 0.0571. The molecule has 1 aromatic rings. The zero-order chi connectivity index (χ0) is 10.8. The van der Waals surface area contributed by atoms with Gasteiger partial charge in [-0.05, 0) is 6.42 Å². The van der Waals surface area contributed by atoms with Crippen LogP contribution in [0.5, 0.6) is 0 Å². The average Bonchev–Trinajstić information content (AvgIpc) is 2.73. The zero-order valence-corrected chi connectivity index (χ0v) is 9.46. The van der Waals surface area contributed by atoms with Crippen molar-refractivity contribution in [2.24, 2.45) is 5.73 Å². The third-order valence-corrected chi connectivity index (χ3v) is 3.31. The van der Waals surface area contributed by atoms with Gasteiger partial charge in [0.25, 0.3) is 0 Å².